The Hall–Kier alpha value is -1.55. The molecule has 0 heterocycles. The van der Waals surface area contributed by atoms with Gasteiger partial charge in [-0.05, 0) is 30.7 Å². The van der Waals surface area contributed by atoms with Crippen LogP contribution in [-0.2, 0) is 11.2 Å². The van der Waals surface area contributed by atoms with Crippen LogP contribution in [0.25, 0.3) is 0 Å². The lowest BCUT2D eigenvalue weighted by Gasteiger charge is -2.13. The van der Waals surface area contributed by atoms with Crippen LogP contribution in [0, 0.1) is 0 Å². The first-order valence-corrected chi connectivity index (χ1v) is 5.26. The molecule has 0 radical (unpaired) electrons. The van der Waals surface area contributed by atoms with Crippen molar-refractivity contribution < 1.29 is 14.6 Å². The molecule has 0 unspecified atom stereocenters. The summed E-state index contributed by atoms with van der Waals surface area (Å²) in [7, 11) is 1.60. The van der Waals surface area contributed by atoms with Crippen molar-refractivity contribution in [2.75, 3.05) is 13.7 Å². The van der Waals surface area contributed by atoms with Gasteiger partial charge in [0.2, 0.25) is 0 Å². The number of carbonyl (C=O) groups is 1. The van der Waals surface area contributed by atoms with Crippen molar-refractivity contribution in [3.63, 3.8) is 0 Å². The summed E-state index contributed by atoms with van der Waals surface area (Å²) in [5.41, 5.74) is 0.981. The summed E-state index contributed by atoms with van der Waals surface area (Å²) in [5, 5.41) is 11.9. The minimum Gasteiger partial charge on any atom is -0.497 e. The Morgan fingerprint density at radius 3 is 2.50 bits per heavy atom. The second-order valence-corrected chi connectivity index (χ2v) is 3.50. The summed E-state index contributed by atoms with van der Waals surface area (Å²) in [5.74, 6) is -0.0447. The van der Waals surface area contributed by atoms with Crippen molar-refractivity contribution in [1.29, 1.82) is 0 Å². The number of likely N-dealkylation sites (N-methyl/N-ethyl adjacent to an activating group) is 1. The number of hydrogen-bond acceptors (Lipinski definition) is 3. The first-order valence-electron chi connectivity index (χ1n) is 5.26. The zero-order valence-corrected chi connectivity index (χ0v) is 9.56. The lowest BCUT2D eigenvalue weighted by Crippen LogP contribution is -2.38. The Morgan fingerprint density at radius 2 is 2.06 bits per heavy atom. The fourth-order valence-corrected chi connectivity index (χ4v) is 1.49. The smallest absolute Gasteiger partial charge is 0.321 e. The lowest BCUT2D eigenvalue weighted by atomic mass is 10.1. The van der Waals surface area contributed by atoms with Crippen LogP contribution in [0.3, 0.4) is 0 Å². The molecular weight excluding hydrogens is 206 g/mol. The van der Waals surface area contributed by atoms with Gasteiger partial charge in [-0.25, -0.2) is 0 Å². The highest BCUT2D eigenvalue weighted by atomic mass is 16.5. The van der Waals surface area contributed by atoms with Crippen molar-refractivity contribution in [3.05, 3.63) is 29.8 Å². The van der Waals surface area contributed by atoms with E-state index in [2.05, 4.69) is 5.32 Å². The van der Waals surface area contributed by atoms with Gasteiger partial charge in [-0.1, -0.05) is 19.1 Å². The molecule has 0 aromatic heterocycles. The molecule has 4 heteroatoms. The number of carboxylic acid groups (broad SMARTS) is 1. The van der Waals surface area contributed by atoms with Crippen LogP contribution < -0.4 is 10.1 Å². The normalized spacial score (nSPS) is 12.1. The van der Waals surface area contributed by atoms with E-state index in [-0.39, 0.29) is 0 Å². The lowest BCUT2D eigenvalue weighted by molar-refractivity contribution is -0.139. The van der Waals surface area contributed by atoms with Gasteiger partial charge >= 0.3 is 5.97 Å². The maximum absolute atomic E-state index is 10.9. The van der Waals surface area contributed by atoms with Crippen molar-refractivity contribution in [2.45, 2.75) is 19.4 Å². The quantitative estimate of drug-likeness (QED) is 0.763. The van der Waals surface area contributed by atoms with E-state index in [9.17, 15) is 4.79 Å². The van der Waals surface area contributed by atoms with Gasteiger partial charge in [-0.15, -0.1) is 0 Å². The predicted molar refractivity (Wildman–Crippen MR) is 61.8 cm³/mol. The summed E-state index contributed by atoms with van der Waals surface area (Å²) < 4.78 is 5.04. The molecule has 0 bridgehead atoms. The van der Waals surface area contributed by atoms with E-state index in [1.165, 1.54) is 0 Å². The van der Waals surface area contributed by atoms with E-state index < -0.39 is 12.0 Å². The third kappa shape index (κ3) is 3.55. The van der Waals surface area contributed by atoms with Gasteiger partial charge in [-0.2, -0.15) is 0 Å². The molecule has 0 spiro atoms. The number of carboxylic acids is 1. The maximum Gasteiger partial charge on any atom is 0.321 e. The number of methoxy groups -OCH3 is 1. The molecule has 0 amide bonds. The van der Waals surface area contributed by atoms with E-state index in [4.69, 9.17) is 9.84 Å². The molecule has 0 aliphatic heterocycles. The molecule has 0 aliphatic carbocycles. The number of nitrogens with one attached hydrogen (secondary N) is 1. The summed E-state index contributed by atoms with van der Waals surface area (Å²) >= 11 is 0. The number of hydrogen-bond donors (Lipinski definition) is 2. The molecular formula is C12H17NO3. The first-order chi connectivity index (χ1) is 7.67. The van der Waals surface area contributed by atoms with E-state index in [0.717, 1.165) is 11.3 Å². The van der Waals surface area contributed by atoms with Crippen LogP contribution in [0.1, 0.15) is 12.5 Å². The van der Waals surface area contributed by atoms with Gasteiger partial charge in [0.05, 0.1) is 7.11 Å². The molecule has 88 valence electrons. The number of rotatable bonds is 6. The van der Waals surface area contributed by atoms with Crippen LogP contribution in [0.5, 0.6) is 5.75 Å². The van der Waals surface area contributed by atoms with Gasteiger partial charge in [0.25, 0.3) is 0 Å². The molecule has 1 atom stereocenters. The summed E-state index contributed by atoms with van der Waals surface area (Å²) in [6.45, 7) is 2.54. The van der Waals surface area contributed by atoms with Crippen molar-refractivity contribution in [1.82, 2.24) is 5.32 Å². The van der Waals surface area contributed by atoms with Gasteiger partial charge < -0.3 is 15.2 Å². The SMILES string of the molecule is CCN[C@H](Cc1ccc(OC)cc1)C(=O)O. The standard InChI is InChI=1S/C12H17NO3/c1-3-13-11(12(14)15)8-9-4-6-10(16-2)7-5-9/h4-7,11,13H,3,8H2,1-2H3,(H,14,15)/t11-/m1/s1. The Balaban J connectivity index is 2.65. The maximum atomic E-state index is 10.9. The zero-order valence-electron chi connectivity index (χ0n) is 9.56. The average molecular weight is 223 g/mol. The minimum absolute atomic E-state index is 0.479. The molecule has 1 aromatic rings. The zero-order chi connectivity index (χ0) is 12.0. The molecule has 0 fully saturated rings. The second kappa shape index (κ2) is 6.12. The molecule has 0 saturated carbocycles. The monoisotopic (exact) mass is 223 g/mol. The Bertz CT molecular complexity index is 335. The Labute approximate surface area is 95.2 Å². The minimum atomic E-state index is -0.822. The van der Waals surface area contributed by atoms with Gasteiger partial charge in [-0.3, -0.25) is 4.79 Å². The third-order valence-corrected chi connectivity index (χ3v) is 2.35. The average Bonchev–Trinajstić information content (AvgIpc) is 2.29. The van der Waals surface area contributed by atoms with Crippen LogP contribution in [0.2, 0.25) is 0 Å². The van der Waals surface area contributed by atoms with Gasteiger partial charge in [0.1, 0.15) is 11.8 Å². The number of benzene rings is 1. The highest BCUT2D eigenvalue weighted by molar-refractivity contribution is 5.73. The molecule has 2 N–H and O–H groups in total. The summed E-state index contributed by atoms with van der Waals surface area (Å²) in [6, 6.07) is 6.90. The van der Waals surface area contributed by atoms with Crippen LogP contribution in [0.15, 0.2) is 24.3 Å². The second-order valence-electron chi connectivity index (χ2n) is 3.50. The van der Waals surface area contributed by atoms with Gasteiger partial charge in [0, 0.05) is 0 Å². The predicted octanol–water partition coefficient (Wildman–Crippen LogP) is 1.30. The highest BCUT2D eigenvalue weighted by Gasteiger charge is 2.15. The Kier molecular flexibility index (Phi) is 4.79. The van der Waals surface area contributed by atoms with E-state index in [0.29, 0.717) is 13.0 Å². The first kappa shape index (κ1) is 12.5. The van der Waals surface area contributed by atoms with Crippen LogP contribution >= 0.6 is 0 Å². The third-order valence-electron chi connectivity index (χ3n) is 2.35. The fourth-order valence-electron chi connectivity index (χ4n) is 1.49. The fraction of sp³-hybridized carbons (Fsp3) is 0.417. The van der Waals surface area contributed by atoms with E-state index in [1.807, 2.05) is 31.2 Å². The molecule has 16 heavy (non-hydrogen) atoms. The van der Waals surface area contributed by atoms with Crippen molar-refractivity contribution >= 4 is 5.97 Å². The van der Waals surface area contributed by atoms with Crippen LogP contribution in [-0.4, -0.2) is 30.8 Å². The number of ether oxygens (including phenoxy) is 1. The van der Waals surface area contributed by atoms with Crippen molar-refractivity contribution in [3.8, 4) is 5.75 Å². The summed E-state index contributed by atoms with van der Waals surface area (Å²) in [6.07, 6.45) is 0.479. The van der Waals surface area contributed by atoms with E-state index >= 15 is 0 Å². The highest BCUT2D eigenvalue weighted by Crippen LogP contribution is 2.12. The molecule has 4 nitrogen and oxygen atoms in total. The molecule has 1 aromatic carbocycles. The number of aliphatic carboxylic acids is 1. The largest absolute Gasteiger partial charge is 0.497 e. The van der Waals surface area contributed by atoms with Crippen LogP contribution in [0.4, 0.5) is 0 Å². The van der Waals surface area contributed by atoms with Crippen molar-refractivity contribution in [2.24, 2.45) is 0 Å². The van der Waals surface area contributed by atoms with E-state index in [1.54, 1.807) is 7.11 Å². The molecule has 0 aliphatic rings. The van der Waals surface area contributed by atoms with Gasteiger partial charge in [0.15, 0.2) is 0 Å². The topological polar surface area (TPSA) is 58.6 Å². The molecule has 1 rings (SSSR count). The molecule has 0 saturated heterocycles. The summed E-state index contributed by atoms with van der Waals surface area (Å²) in [4.78, 5) is 10.9. The Morgan fingerprint density at radius 1 is 1.44 bits per heavy atom.